The third-order valence-electron chi connectivity index (χ3n) is 4.35. The van der Waals surface area contributed by atoms with Crippen LogP contribution in [0.25, 0.3) is 10.9 Å². The predicted octanol–water partition coefficient (Wildman–Crippen LogP) is 4.64. The van der Waals surface area contributed by atoms with Crippen molar-refractivity contribution in [2.24, 2.45) is 0 Å². The fraction of sp³-hybridized carbons (Fsp3) is 0.211. The van der Waals surface area contributed by atoms with Crippen LogP contribution in [0, 0.1) is 6.92 Å². The summed E-state index contributed by atoms with van der Waals surface area (Å²) in [5.74, 6) is 0. The molecule has 21 heavy (non-hydrogen) atoms. The first-order valence-electron chi connectivity index (χ1n) is 7.51. The molecule has 4 rings (SSSR count). The maximum Gasteiger partial charge on any atom is 0.0722 e. The first-order chi connectivity index (χ1) is 10.3. The van der Waals surface area contributed by atoms with Crippen molar-refractivity contribution in [3.05, 3.63) is 71.4 Å². The van der Waals surface area contributed by atoms with E-state index >= 15 is 0 Å². The van der Waals surface area contributed by atoms with Gasteiger partial charge in [0, 0.05) is 17.3 Å². The Hall–Kier alpha value is -2.35. The Kier molecular flexibility index (Phi) is 2.88. The van der Waals surface area contributed by atoms with Crippen LogP contribution in [0.5, 0.6) is 0 Å². The van der Waals surface area contributed by atoms with Gasteiger partial charge in [-0.25, -0.2) is 0 Å². The summed E-state index contributed by atoms with van der Waals surface area (Å²) < 4.78 is 0. The van der Waals surface area contributed by atoms with Crippen molar-refractivity contribution in [3.8, 4) is 0 Å². The molecule has 0 bridgehead atoms. The molecule has 2 nitrogen and oxygen atoms in total. The molecule has 1 aliphatic rings. The second-order valence-electron chi connectivity index (χ2n) is 5.81. The summed E-state index contributed by atoms with van der Waals surface area (Å²) >= 11 is 0. The van der Waals surface area contributed by atoms with Gasteiger partial charge in [-0.2, -0.15) is 0 Å². The summed E-state index contributed by atoms with van der Waals surface area (Å²) in [5.41, 5.74) is 6.50. The molecule has 0 saturated heterocycles. The van der Waals surface area contributed by atoms with E-state index in [1.165, 1.54) is 27.8 Å². The van der Waals surface area contributed by atoms with Crippen LogP contribution in [0.4, 0.5) is 5.69 Å². The lowest BCUT2D eigenvalue weighted by Gasteiger charge is -2.17. The number of hydrogen-bond donors (Lipinski definition) is 1. The van der Waals surface area contributed by atoms with E-state index in [1.807, 2.05) is 12.3 Å². The summed E-state index contributed by atoms with van der Waals surface area (Å²) in [7, 11) is 0. The Balaban J connectivity index is 1.73. The molecule has 3 aromatic rings. The summed E-state index contributed by atoms with van der Waals surface area (Å²) in [4.78, 5) is 4.43. The smallest absolute Gasteiger partial charge is 0.0722 e. The highest BCUT2D eigenvalue weighted by atomic mass is 14.9. The zero-order valence-electron chi connectivity index (χ0n) is 12.1. The van der Waals surface area contributed by atoms with Crippen molar-refractivity contribution in [2.75, 3.05) is 5.32 Å². The fourth-order valence-corrected chi connectivity index (χ4v) is 3.29. The molecular formula is C19H18N2. The second kappa shape index (κ2) is 4.88. The highest BCUT2D eigenvalue weighted by Crippen LogP contribution is 2.35. The quantitative estimate of drug-likeness (QED) is 0.736. The van der Waals surface area contributed by atoms with E-state index in [9.17, 15) is 0 Å². The number of aromatic nitrogens is 1. The summed E-state index contributed by atoms with van der Waals surface area (Å²) in [5, 5.41) is 4.92. The number of fused-ring (bicyclic) bond motifs is 2. The lowest BCUT2D eigenvalue weighted by atomic mass is 10.0. The summed E-state index contributed by atoms with van der Waals surface area (Å²) in [6.07, 6.45) is 4.17. The van der Waals surface area contributed by atoms with Gasteiger partial charge in [0.1, 0.15) is 0 Å². The Labute approximate surface area is 124 Å². The van der Waals surface area contributed by atoms with Crippen LogP contribution in [0.3, 0.4) is 0 Å². The molecule has 2 heteroatoms. The molecule has 0 aliphatic heterocycles. The minimum atomic E-state index is 0.408. The van der Waals surface area contributed by atoms with E-state index in [-0.39, 0.29) is 0 Å². The van der Waals surface area contributed by atoms with Crippen LogP contribution in [-0.4, -0.2) is 4.98 Å². The average Bonchev–Trinajstić information content (AvgIpc) is 2.90. The zero-order chi connectivity index (χ0) is 14.2. The highest BCUT2D eigenvalue weighted by molar-refractivity contribution is 5.91. The van der Waals surface area contributed by atoms with Gasteiger partial charge in [0.2, 0.25) is 0 Å². The van der Waals surface area contributed by atoms with Gasteiger partial charge < -0.3 is 5.32 Å². The summed E-state index contributed by atoms with van der Waals surface area (Å²) in [6.45, 7) is 2.16. The third kappa shape index (κ3) is 2.17. The molecule has 0 spiro atoms. The molecule has 2 aromatic carbocycles. The molecule has 0 fully saturated rings. The molecule has 1 unspecified atom stereocenters. The van der Waals surface area contributed by atoms with E-state index in [4.69, 9.17) is 0 Å². The van der Waals surface area contributed by atoms with Crippen LogP contribution in [0.1, 0.15) is 29.2 Å². The average molecular weight is 274 g/mol. The number of nitrogens with one attached hydrogen (secondary N) is 1. The molecule has 1 atom stereocenters. The van der Waals surface area contributed by atoms with E-state index < -0.39 is 0 Å². The first kappa shape index (κ1) is 12.4. The van der Waals surface area contributed by atoms with Crippen LogP contribution >= 0.6 is 0 Å². The molecule has 1 heterocycles. The van der Waals surface area contributed by atoms with E-state index in [0.29, 0.717) is 6.04 Å². The largest absolute Gasteiger partial charge is 0.378 e. The van der Waals surface area contributed by atoms with Gasteiger partial charge in [-0.3, -0.25) is 4.98 Å². The van der Waals surface area contributed by atoms with Crippen LogP contribution in [-0.2, 0) is 6.42 Å². The minimum Gasteiger partial charge on any atom is -0.378 e. The number of hydrogen-bond acceptors (Lipinski definition) is 2. The van der Waals surface area contributed by atoms with Crippen molar-refractivity contribution in [2.45, 2.75) is 25.8 Å². The van der Waals surface area contributed by atoms with E-state index in [1.54, 1.807) is 0 Å². The normalized spacial score (nSPS) is 16.9. The van der Waals surface area contributed by atoms with Gasteiger partial charge >= 0.3 is 0 Å². The molecule has 104 valence electrons. The van der Waals surface area contributed by atoms with Crippen molar-refractivity contribution in [1.82, 2.24) is 4.98 Å². The number of anilines is 1. The Morgan fingerprint density at radius 3 is 3.00 bits per heavy atom. The molecule has 1 N–H and O–H groups in total. The predicted molar refractivity (Wildman–Crippen MR) is 87.6 cm³/mol. The Morgan fingerprint density at radius 1 is 1.10 bits per heavy atom. The molecule has 1 aliphatic carbocycles. The second-order valence-corrected chi connectivity index (χ2v) is 5.81. The molecular weight excluding hydrogens is 256 g/mol. The van der Waals surface area contributed by atoms with E-state index in [2.05, 4.69) is 59.7 Å². The molecule has 0 saturated carbocycles. The number of benzene rings is 2. The molecule has 0 radical (unpaired) electrons. The van der Waals surface area contributed by atoms with E-state index in [0.717, 1.165) is 18.4 Å². The highest BCUT2D eigenvalue weighted by Gasteiger charge is 2.22. The van der Waals surface area contributed by atoms with Crippen LogP contribution < -0.4 is 5.32 Å². The van der Waals surface area contributed by atoms with Crippen LogP contribution in [0.15, 0.2) is 54.7 Å². The van der Waals surface area contributed by atoms with Crippen molar-refractivity contribution in [1.29, 1.82) is 0 Å². The maximum atomic E-state index is 4.43. The number of rotatable bonds is 2. The summed E-state index contributed by atoms with van der Waals surface area (Å²) in [6, 6.07) is 17.6. The third-order valence-corrected chi connectivity index (χ3v) is 4.35. The van der Waals surface area contributed by atoms with Crippen LogP contribution in [0.2, 0.25) is 0 Å². The minimum absolute atomic E-state index is 0.408. The number of aryl methyl sites for hydroxylation is 2. The lowest BCUT2D eigenvalue weighted by molar-refractivity contribution is 0.763. The fourth-order valence-electron chi connectivity index (χ4n) is 3.29. The van der Waals surface area contributed by atoms with Gasteiger partial charge in [-0.1, -0.05) is 29.8 Å². The zero-order valence-corrected chi connectivity index (χ0v) is 12.1. The number of nitrogens with zero attached hydrogens (tertiary/aromatic N) is 1. The van der Waals surface area contributed by atoms with Gasteiger partial charge in [-0.15, -0.1) is 0 Å². The van der Waals surface area contributed by atoms with Gasteiger partial charge in [0.25, 0.3) is 0 Å². The molecule has 0 amide bonds. The van der Waals surface area contributed by atoms with Gasteiger partial charge in [0.05, 0.1) is 11.6 Å². The van der Waals surface area contributed by atoms with Crippen molar-refractivity contribution in [3.63, 3.8) is 0 Å². The molecule has 1 aromatic heterocycles. The Morgan fingerprint density at radius 2 is 2.05 bits per heavy atom. The number of pyridine rings is 1. The van der Waals surface area contributed by atoms with Gasteiger partial charge in [0.15, 0.2) is 0 Å². The standard InChI is InChI=1S/C19H18N2/c1-13-7-8-14-9-10-19(16(14)12-13)21-18-6-2-5-17-15(18)4-3-11-20-17/h2-8,11-12,19,21H,9-10H2,1H3. The Bertz CT molecular complexity index is 802. The topological polar surface area (TPSA) is 24.9 Å². The van der Waals surface area contributed by atoms with Gasteiger partial charge in [-0.05, 0) is 55.2 Å². The monoisotopic (exact) mass is 274 g/mol. The lowest BCUT2D eigenvalue weighted by Crippen LogP contribution is -2.07. The maximum absolute atomic E-state index is 4.43. The SMILES string of the molecule is Cc1ccc2c(c1)C(Nc1cccc3ncccc13)CC2. The first-order valence-corrected chi connectivity index (χ1v) is 7.51. The van der Waals surface area contributed by atoms with Crippen molar-refractivity contribution >= 4 is 16.6 Å². The van der Waals surface area contributed by atoms with Crippen molar-refractivity contribution < 1.29 is 0 Å².